The molecule has 136 valence electrons. The van der Waals surface area contributed by atoms with Gasteiger partial charge in [-0.2, -0.15) is 0 Å². The molecule has 7 nitrogen and oxygen atoms in total. The van der Waals surface area contributed by atoms with Gasteiger partial charge in [0.15, 0.2) is 6.61 Å². The Labute approximate surface area is 159 Å². The summed E-state index contributed by atoms with van der Waals surface area (Å²) < 4.78 is 5.69. The molecule has 0 spiro atoms. The fourth-order valence-electron chi connectivity index (χ4n) is 2.69. The Hall–Kier alpha value is -2.61. The van der Waals surface area contributed by atoms with E-state index >= 15 is 0 Å². The van der Waals surface area contributed by atoms with E-state index in [2.05, 4.69) is 25.8 Å². The van der Waals surface area contributed by atoms with Gasteiger partial charge in [0.2, 0.25) is 0 Å². The predicted octanol–water partition coefficient (Wildman–Crippen LogP) is 2.06. The summed E-state index contributed by atoms with van der Waals surface area (Å²) in [6.07, 6.45) is 1.74. The monoisotopic (exact) mass is 419 g/mol. The van der Waals surface area contributed by atoms with Crippen molar-refractivity contribution in [3.8, 4) is 5.75 Å². The van der Waals surface area contributed by atoms with Crippen molar-refractivity contribution in [2.75, 3.05) is 37.7 Å². The molecule has 2 aromatic rings. The van der Waals surface area contributed by atoms with Crippen LogP contribution in [0.1, 0.15) is 10.4 Å². The number of phenols is 1. The van der Waals surface area contributed by atoms with Gasteiger partial charge in [-0.25, -0.2) is 9.78 Å². The first-order chi connectivity index (χ1) is 12.5. The third kappa shape index (κ3) is 4.32. The summed E-state index contributed by atoms with van der Waals surface area (Å²) in [6.45, 7) is 2.06. The van der Waals surface area contributed by atoms with E-state index in [1.807, 2.05) is 18.2 Å². The minimum Gasteiger partial charge on any atom is -0.507 e. The third-order valence-electron chi connectivity index (χ3n) is 4.11. The fourth-order valence-corrected chi connectivity index (χ4v) is 3.05. The van der Waals surface area contributed by atoms with Gasteiger partial charge in [-0.05, 0) is 30.3 Å². The number of ether oxygens (including phenoxy) is 1. The van der Waals surface area contributed by atoms with Crippen LogP contribution in [-0.4, -0.2) is 59.7 Å². The van der Waals surface area contributed by atoms with Crippen molar-refractivity contribution >= 4 is 33.6 Å². The zero-order valence-electron chi connectivity index (χ0n) is 14.0. The molecule has 1 aliphatic heterocycles. The lowest BCUT2D eigenvalue weighted by Gasteiger charge is -2.35. The normalized spacial score (nSPS) is 14.2. The van der Waals surface area contributed by atoms with Gasteiger partial charge in [0.05, 0.1) is 0 Å². The number of anilines is 1. The predicted molar refractivity (Wildman–Crippen MR) is 99.1 cm³/mol. The van der Waals surface area contributed by atoms with Crippen molar-refractivity contribution in [1.29, 1.82) is 0 Å². The van der Waals surface area contributed by atoms with Crippen LogP contribution in [0.4, 0.5) is 5.82 Å². The minimum absolute atomic E-state index is 0.0205. The lowest BCUT2D eigenvalue weighted by atomic mass is 10.2. The Morgan fingerprint density at radius 2 is 1.92 bits per heavy atom. The van der Waals surface area contributed by atoms with Crippen LogP contribution in [0.5, 0.6) is 5.75 Å². The summed E-state index contributed by atoms with van der Waals surface area (Å²) in [5.74, 6) is -0.288. The van der Waals surface area contributed by atoms with Crippen LogP contribution in [0.25, 0.3) is 0 Å². The first-order valence-corrected chi connectivity index (χ1v) is 8.93. The molecule has 0 bridgehead atoms. The highest BCUT2D eigenvalue weighted by Crippen LogP contribution is 2.22. The summed E-state index contributed by atoms with van der Waals surface area (Å²) >= 11 is 3.23. The molecule has 1 N–H and O–H groups in total. The van der Waals surface area contributed by atoms with Crippen LogP contribution in [0.15, 0.2) is 47.1 Å². The number of rotatable bonds is 4. The van der Waals surface area contributed by atoms with Crippen molar-refractivity contribution in [3.63, 3.8) is 0 Å². The van der Waals surface area contributed by atoms with Crippen molar-refractivity contribution in [2.24, 2.45) is 0 Å². The number of benzene rings is 1. The Morgan fingerprint density at radius 1 is 1.15 bits per heavy atom. The van der Waals surface area contributed by atoms with E-state index in [-0.39, 0.29) is 23.8 Å². The number of aromatic nitrogens is 1. The van der Waals surface area contributed by atoms with E-state index < -0.39 is 5.97 Å². The van der Waals surface area contributed by atoms with Gasteiger partial charge in [0.25, 0.3) is 5.91 Å². The molecule has 3 rings (SSSR count). The van der Waals surface area contributed by atoms with Gasteiger partial charge in [-0.15, -0.1) is 0 Å². The van der Waals surface area contributed by atoms with Gasteiger partial charge in [-0.3, -0.25) is 4.79 Å². The number of esters is 1. The molecule has 1 amide bonds. The Balaban J connectivity index is 1.50. The summed E-state index contributed by atoms with van der Waals surface area (Å²) in [7, 11) is 0. The molecule has 0 unspecified atom stereocenters. The van der Waals surface area contributed by atoms with Gasteiger partial charge < -0.3 is 19.6 Å². The molecule has 0 radical (unpaired) electrons. The summed E-state index contributed by atoms with van der Waals surface area (Å²) in [5, 5.41) is 9.73. The van der Waals surface area contributed by atoms with Gasteiger partial charge >= 0.3 is 5.97 Å². The van der Waals surface area contributed by atoms with Crippen molar-refractivity contribution in [2.45, 2.75) is 0 Å². The molecule has 26 heavy (non-hydrogen) atoms. The number of nitrogens with zero attached hydrogens (tertiary/aromatic N) is 3. The van der Waals surface area contributed by atoms with E-state index in [9.17, 15) is 14.7 Å². The highest BCUT2D eigenvalue weighted by atomic mass is 79.9. The number of aromatic hydroxyl groups is 1. The number of phenolic OH excluding ortho intramolecular Hbond substituents is 1. The van der Waals surface area contributed by atoms with Crippen LogP contribution in [0.2, 0.25) is 0 Å². The minimum atomic E-state index is -0.732. The topological polar surface area (TPSA) is 83.0 Å². The maximum atomic E-state index is 12.3. The summed E-state index contributed by atoms with van der Waals surface area (Å²) in [6, 6.07) is 10.2. The van der Waals surface area contributed by atoms with Crippen molar-refractivity contribution in [3.05, 3.63) is 52.6 Å². The SMILES string of the molecule is O=C(OCC(=O)N1CCN(c2ccccn2)CC1)c1cc(Br)ccc1O. The van der Waals surface area contributed by atoms with E-state index in [1.165, 1.54) is 12.1 Å². The molecule has 8 heteroatoms. The van der Waals surface area contributed by atoms with Crippen molar-refractivity contribution in [1.82, 2.24) is 9.88 Å². The molecule has 1 aliphatic rings. The zero-order valence-corrected chi connectivity index (χ0v) is 15.6. The molecule has 1 aromatic carbocycles. The number of hydrogen-bond donors (Lipinski definition) is 1. The molecule has 1 aromatic heterocycles. The average Bonchev–Trinajstić information content (AvgIpc) is 2.68. The van der Waals surface area contributed by atoms with Crippen LogP contribution >= 0.6 is 15.9 Å². The average molecular weight is 420 g/mol. The molecule has 0 saturated carbocycles. The Morgan fingerprint density at radius 3 is 2.62 bits per heavy atom. The number of hydrogen-bond acceptors (Lipinski definition) is 6. The molecule has 0 aliphatic carbocycles. The molecule has 2 heterocycles. The second kappa shape index (κ2) is 8.18. The van der Waals surface area contributed by atoms with Crippen LogP contribution in [-0.2, 0) is 9.53 Å². The quantitative estimate of drug-likeness (QED) is 0.763. The second-order valence-corrected chi connectivity index (χ2v) is 6.71. The molecular weight excluding hydrogens is 402 g/mol. The third-order valence-corrected chi connectivity index (χ3v) is 4.60. The van der Waals surface area contributed by atoms with Gasteiger partial charge in [0, 0.05) is 36.8 Å². The van der Waals surface area contributed by atoms with Gasteiger partial charge in [-0.1, -0.05) is 22.0 Å². The number of pyridine rings is 1. The number of carbonyl (C=O) groups is 2. The summed E-state index contributed by atoms with van der Waals surface area (Å²) in [4.78, 5) is 32.4. The highest BCUT2D eigenvalue weighted by molar-refractivity contribution is 9.10. The lowest BCUT2D eigenvalue weighted by Crippen LogP contribution is -2.50. The van der Waals surface area contributed by atoms with E-state index in [4.69, 9.17) is 4.74 Å². The first kappa shape index (κ1) is 18.2. The van der Waals surface area contributed by atoms with Gasteiger partial charge in [0.1, 0.15) is 17.1 Å². The van der Waals surface area contributed by atoms with E-state index in [0.29, 0.717) is 30.7 Å². The molecular formula is C18H18BrN3O4. The summed E-state index contributed by atoms with van der Waals surface area (Å²) in [5.41, 5.74) is 0.0205. The van der Waals surface area contributed by atoms with Crippen LogP contribution in [0, 0.1) is 0 Å². The smallest absolute Gasteiger partial charge is 0.342 e. The fraction of sp³-hybridized carbons (Fsp3) is 0.278. The number of carbonyl (C=O) groups excluding carboxylic acids is 2. The van der Waals surface area contributed by atoms with Crippen LogP contribution < -0.4 is 4.90 Å². The zero-order chi connectivity index (χ0) is 18.5. The van der Waals surface area contributed by atoms with Crippen LogP contribution in [0.3, 0.4) is 0 Å². The molecule has 1 fully saturated rings. The molecule has 1 saturated heterocycles. The van der Waals surface area contributed by atoms with Crippen molar-refractivity contribution < 1.29 is 19.4 Å². The standard InChI is InChI=1S/C18H18BrN3O4/c19-13-4-5-15(23)14(11-13)18(25)26-12-17(24)22-9-7-21(8-10-22)16-3-1-2-6-20-16/h1-6,11,23H,7-10,12H2. The number of piperazine rings is 1. The number of amides is 1. The first-order valence-electron chi connectivity index (χ1n) is 8.14. The number of halogens is 1. The highest BCUT2D eigenvalue weighted by Gasteiger charge is 2.23. The Bertz CT molecular complexity index is 792. The van der Waals surface area contributed by atoms with E-state index in [0.717, 1.165) is 5.82 Å². The maximum absolute atomic E-state index is 12.3. The maximum Gasteiger partial charge on any atom is 0.342 e. The lowest BCUT2D eigenvalue weighted by molar-refractivity contribution is -0.134. The second-order valence-electron chi connectivity index (χ2n) is 5.79. The van der Waals surface area contributed by atoms with E-state index in [1.54, 1.807) is 17.2 Å². The molecule has 0 atom stereocenters. The largest absolute Gasteiger partial charge is 0.507 e. The Kier molecular flexibility index (Phi) is 5.72.